The fraction of sp³-hybridized carbons (Fsp3) is 0.429. The normalized spacial score (nSPS) is 14.2. The summed E-state index contributed by atoms with van der Waals surface area (Å²) in [5, 5.41) is 5.91. The second-order valence-electron chi connectivity index (χ2n) is 4.96. The minimum absolute atomic E-state index is 0.106. The van der Waals surface area contributed by atoms with E-state index in [1.165, 1.54) is 12.8 Å². The lowest BCUT2D eigenvalue weighted by Gasteiger charge is -2.11. The highest BCUT2D eigenvalue weighted by Crippen LogP contribution is 2.27. The predicted molar refractivity (Wildman–Crippen MR) is 73.9 cm³/mol. The van der Waals surface area contributed by atoms with Crippen molar-refractivity contribution in [2.45, 2.75) is 19.8 Å². The lowest BCUT2D eigenvalue weighted by molar-refractivity contribution is -0.115. The standard InChI is InChI=1S/C14H19N3O2/c1-9-11(14(15)19)3-2-4-12(9)17-13(18)8-16-7-10-5-6-10/h2-4,10,16H,5-8H2,1H3,(H2,15,19)(H,17,18). The smallest absolute Gasteiger partial charge is 0.249 e. The number of carbonyl (C=O) groups is 2. The Morgan fingerprint density at radius 2 is 2.11 bits per heavy atom. The number of primary amides is 1. The Balaban J connectivity index is 1.91. The Morgan fingerprint density at radius 3 is 2.74 bits per heavy atom. The van der Waals surface area contributed by atoms with Gasteiger partial charge in [-0.05, 0) is 49.9 Å². The van der Waals surface area contributed by atoms with Crippen molar-refractivity contribution in [2.75, 3.05) is 18.4 Å². The van der Waals surface area contributed by atoms with Crippen LogP contribution in [0.3, 0.4) is 0 Å². The van der Waals surface area contributed by atoms with E-state index in [9.17, 15) is 9.59 Å². The van der Waals surface area contributed by atoms with E-state index in [2.05, 4.69) is 10.6 Å². The summed E-state index contributed by atoms with van der Waals surface area (Å²) in [6, 6.07) is 5.12. The van der Waals surface area contributed by atoms with Crippen LogP contribution >= 0.6 is 0 Å². The Hall–Kier alpha value is -1.88. The van der Waals surface area contributed by atoms with Gasteiger partial charge in [0.1, 0.15) is 0 Å². The fourth-order valence-electron chi connectivity index (χ4n) is 1.94. The van der Waals surface area contributed by atoms with Crippen LogP contribution in [-0.2, 0) is 4.79 Å². The van der Waals surface area contributed by atoms with E-state index < -0.39 is 5.91 Å². The van der Waals surface area contributed by atoms with E-state index in [1.807, 2.05) is 0 Å². The number of hydrogen-bond acceptors (Lipinski definition) is 3. The number of hydrogen-bond donors (Lipinski definition) is 3. The summed E-state index contributed by atoms with van der Waals surface area (Å²) < 4.78 is 0. The quantitative estimate of drug-likeness (QED) is 0.715. The topological polar surface area (TPSA) is 84.2 Å². The van der Waals surface area contributed by atoms with E-state index in [1.54, 1.807) is 25.1 Å². The molecule has 0 spiro atoms. The Labute approximate surface area is 112 Å². The first-order valence-corrected chi connectivity index (χ1v) is 6.48. The third kappa shape index (κ3) is 3.79. The van der Waals surface area contributed by atoms with Gasteiger partial charge in [0.25, 0.3) is 0 Å². The van der Waals surface area contributed by atoms with Crippen molar-refractivity contribution >= 4 is 17.5 Å². The highest BCUT2D eigenvalue weighted by atomic mass is 16.2. The number of carbonyl (C=O) groups excluding carboxylic acids is 2. The van der Waals surface area contributed by atoms with Crippen LogP contribution in [0.15, 0.2) is 18.2 Å². The SMILES string of the molecule is Cc1c(NC(=O)CNCC2CC2)cccc1C(N)=O. The number of amides is 2. The number of anilines is 1. The molecule has 0 unspecified atom stereocenters. The van der Waals surface area contributed by atoms with Crippen LogP contribution in [-0.4, -0.2) is 24.9 Å². The highest BCUT2D eigenvalue weighted by Gasteiger charge is 2.20. The van der Waals surface area contributed by atoms with Crippen LogP contribution in [0.5, 0.6) is 0 Å². The van der Waals surface area contributed by atoms with E-state index in [4.69, 9.17) is 5.73 Å². The molecule has 1 aromatic rings. The number of rotatable bonds is 6. The highest BCUT2D eigenvalue weighted by molar-refractivity contribution is 5.98. The van der Waals surface area contributed by atoms with Crippen LogP contribution in [0.1, 0.15) is 28.8 Å². The molecule has 0 heterocycles. The van der Waals surface area contributed by atoms with Gasteiger partial charge in [0, 0.05) is 11.3 Å². The lowest BCUT2D eigenvalue weighted by atomic mass is 10.1. The van der Waals surface area contributed by atoms with Crippen LogP contribution in [0.25, 0.3) is 0 Å². The van der Waals surface area contributed by atoms with Gasteiger partial charge in [-0.2, -0.15) is 0 Å². The van der Waals surface area contributed by atoms with Crippen LogP contribution in [0.4, 0.5) is 5.69 Å². The lowest BCUT2D eigenvalue weighted by Crippen LogP contribution is -2.29. The van der Waals surface area contributed by atoms with Crippen molar-refractivity contribution in [3.8, 4) is 0 Å². The molecule has 5 heteroatoms. The molecule has 102 valence electrons. The predicted octanol–water partition coefficient (Wildman–Crippen LogP) is 1.03. The molecule has 2 amide bonds. The van der Waals surface area contributed by atoms with Gasteiger partial charge >= 0.3 is 0 Å². The zero-order chi connectivity index (χ0) is 13.8. The third-order valence-electron chi connectivity index (χ3n) is 3.29. The Bertz CT molecular complexity index is 495. The van der Waals surface area contributed by atoms with Crippen LogP contribution < -0.4 is 16.4 Å². The summed E-state index contributed by atoms with van der Waals surface area (Å²) in [5.41, 5.74) is 7.04. The zero-order valence-electron chi connectivity index (χ0n) is 11.0. The minimum Gasteiger partial charge on any atom is -0.366 e. The molecule has 0 aliphatic heterocycles. The van der Waals surface area contributed by atoms with Crippen LogP contribution in [0, 0.1) is 12.8 Å². The zero-order valence-corrected chi connectivity index (χ0v) is 11.0. The van der Waals surface area contributed by atoms with Gasteiger partial charge in [0.05, 0.1) is 6.54 Å². The Kier molecular flexibility index (Phi) is 4.16. The van der Waals surface area contributed by atoms with Crippen molar-refractivity contribution in [1.29, 1.82) is 0 Å². The molecular formula is C14H19N3O2. The first-order chi connectivity index (χ1) is 9.08. The second kappa shape index (κ2) is 5.84. The summed E-state index contributed by atoms with van der Waals surface area (Å²) in [7, 11) is 0. The van der Waals surface area contributed by atoms with Gasteiger partial charge in [0.15, 0.2) is 0 Å². The Morgan fingerprint density at radius 1 is 1.37 bits per heavy atom. The van der Waals surface area contributed by atoms with E-state index in [-0.39, 0.29) is 12.5 Å². The maximum atomic E-state index is 11.8. The first kappa shape index (κ1) is 13.5. The molecule has 5 nitrogen and oxygen atoms in total. The molecule has 0 bridgehead atoms. The fourth-order valence-corrected chi connectivity index (χ4v) is 1.94. The maximum Gasteiger partial charge on any atom is 0.249 e. The number of benzene rings is 1. The van der Waals surface area contributed by atoms with Crippen molar-refractivity contribution < 1.29 is 9.59 Å². The molecule has 2 rings (SSSR count). The number of nitrogens with one attached hydrogen (secondary N) is 2. The summed E-state index contributed by atoms with van der Waals surface area (Å²) >= 11 is 0. The summed E-state index contributed by atoms with van der Waals surface area (Å²) in [4.78, 5) is 23.0. The maximum absolute atomic E-state index is 11.8. The molecule has 1 aliphatic carbocycles. The van der Waals surface area contributed by atoms with E-state index >= 15 is 0 Å². The summed E-state index contributed by atoms with van der Waals surface area (Å²) in [6.45, 7) is 2.96. The van der Waals surface area contributed by atoms with Crippen LogP contribution in [0.2, 0.25) is 0 Å². The molecule has 0 atom stereocenters. The molecule has 1 aromatic carbocycles. The molecule has 4 N–H and O–H groups in total. The molecule has 1 fully saturated rings. The molecule has 19 heavy (non-hydrogen) atoms. The van der Waals surface area contributed by atoms with Gasteiger partial charge < -0.3 is 16.4 Å². The molecular weight excluding hydrogens is 242 g/mol. The molecule has 1 aliphatic rings. The van der Waals surface area contributed by atoms with Gasteiger partial charge in [-0.1, -0.05) is 6.07 Å². The van der Waals surface area contributed by atoms with Crippen molar-refractivity contribution in [3.63, 3.8) is 0 Å². The average Bonchev–Trinajstić information content (AvgIpc) is 3.15. The summed E-state index contributed by atoms with van der Waals surface area (Å²) in [5.74, 6) is 0.151. The van der Waals surface area contributed by atoms with Gasteiger partial charge in [0.2, 0.25) is 11.8 Å². The minimum atomic E-state index is -0.486. The summed E-state index contributed by atoms with van der Waals surface area (Å²) in [6.07, 6.45) is 2.52. The first-order valence-electron chi connectivity index (χ1n) is 6.48. The second-order valence-corrected chi connectivity index (χ2v) is 4.96. The van der Waals surface area contributed by atoms with E-state index in [0.29, 0.717) is 16.8 Å². The molecule has 0 saturated heterocycles. The van der Waals surface area contributed by atoms with Crippen molar-refractivity contribution in [2.24, 2.45) is 11.7 Å². The van der Waals surface area contributed by atoms with E-state index in [0.717, 1.165) is 12.5 Å². The van der Waals surface area contributed by atoms with Crippen molar-refractivity contribution in [3.05, 3.63) is 29.3 Å². The van der Waals surface area contributed by atoms with Gasteiger partial charge in [-0.25, -0.2) is 0 Å². The average molecular weight is 261 g/mol. The van der Waals surface area contributed by atoms with Gasteiger partial charge in [-0.3, -0.25) is 9.59 Å². The number of nitrogens with two attached hydrogens (primary N) is 1. The largest absolute Gasteiger partial charge is 0.366 e. The monoisotopic (exact) mass is 261 g/mol. The van der Waals surface area contributed by atoms with Crippen molar-refractivity contribution in [1.82, 2.24) is 5.32 Å². The third-order valence-corrected chi connectivity index (χ3v) is 3.29. The molecule has 0 radical (unpaired) electrons. The molecule has 0 aromatic heterocycles. The van der Waals surface area contributed by atoms with Gasteiger partial charge in [-0.15, -0.1) is 0 Å². The molecule has 1 saturated carbocycles.